The number of carbonyl (C=O) groups is 2. The molecule has 1 aliphatic heterocycles. The Morgan fingerprint density at radius 3 is 1.44 bits per heavy atom. The van der Waals surface area contributed by atoms with E-state index >= 15 is 0 Å². The largest absolute Gasteiger partial charge is 0.762 e. The molecule has 3 rings (SSSR count). The molecule has 0 aliphatic carbocycles. The smallest absolute Gasteiger partial charge is 0.465 e. The van der Waals surface area contributed by atoms with Gasteiger partial charge < -0.3 is 33.9 Å². The lowest BCUT2D eigenvalue weighted by molar-refractivity contribution is 0.0591. The van der Waals surface area contributed by atoms with E-state index in [4.69, 9.17) is 19.7 Å². The molecular formula is C26H38BF3O9. The Morgan fingerprint density at radius 1 is 0.795 bits per heavy atom. The van der Waals surface area contributed by atoms with Gasteiger partial charge in [-0.05, 0) is 49.2 Å². The summed E-state index contributed by atoms with van der Waals surface area (Å²) in [4.78, 5) is 22.0. The van der Waals surface area contributed by atoms with Crippen LogP contribution >= 0.6 is 0 Å². The second-order valence-electron chi connectivity index (χ2n) is 6.95. The SMILES string of the molecule is C1CO1.CCOCC.COC(=O)c1ccc(CO)cc1.COC(=O)c1ccc(COCCO)cc1.FB(F)F. The van der Waals surface area contributed by atoms with Crippen LogP contribution in [0.3, 0.4) is 0 Å². The van der Waals surface area contributed by atoms with Crippen LogP contribution in [0, 0.1) is 0 Å². The fourth-order valence-corrected chi connectivity index (χ4v) is 2.18. The molecule has 0 atom stereocenters. The molecule has 1 fully saturated rings. The minimum atomic E-state index is -3.67. The van der Waals surface area contributed by atoms with Crippen molar-refractivity contribution in [3.63, 3.8) is 0 Å². The average Bonchev–Trinajstić information content (AvgIpc) is 3.84. The molecule has 9 nitrogen and oxygen atoms in total. The van der Waals surface area contributed by atoms with Gasteiger partial charge in [0.15, 0.2) is 0 Å². The van der Waals surface area contributed by atoms with Gasteiger partial charge in [-0.2, -0.15) is 0 Å². The Labute approximate surface area is 228 Å². The number of epoxide rings is 1. The molecule has 2 N–H and O–H groups in total. The summed E-state index contributed by atoms with van der Waals surface area (Å²) in [6.07, 6.45) is 0. The molecular weight excluding hydrogens is 524 g/mol. The molecule has 0 unspecified atom stereocenters. The molecule has 0 bridgehead atoms. The van der Waals surface area contributed by atoms with Crippen molar-refractivity contribution in [2.24, 2.45) is 0 Å². The van der Waals surface area contributed by atoms with E-state index in [0.29, 0.717) is 24.3 Å². The number of benzene rings is 2. The molecule has 1 heterocycles. The van der Waals surface area contributed by atoms with Gasteiger partial charge in [0, 0.05) is 13.2 Å². The number of aliphatic hydroxyl groups excluding tert-OH is 2. The standard InChI is InChI=1S/C11H14O4.C9H10O3.C4H10O.C2H4O.BF3/c1-14-11(13)10-4-2-9(3-5-10)8-15-7-6-12;1-12-9(11)8-4-2-7(6-10)3-5-8;1-3-5-4-2;1-2-3-1;2-1(3)4/h2-5,12H,6-8H2,1H3;2-5,10H,6H2,1H3;3-4H2,1-2H3;1-2H2;. The van der Waals surface area contributed by atoms with E-state index in [1.54, 1.807) is 48.5 Å². The van der Waals surface area contributed by atoms with Gasteiger partial charge in [-0.25, -0.2) is 9.59 Å². The molecule has 0 saturated carbocycles. The van der Waals surface area contributed by atoms with Crippen molar-refractivity contribution in [2.45, 2.75) is 27.1 Å². The third-order valence-corrected chi connectivity index (χ3v) is 4.05. The Balaban J connectivity index is 0. The second kappa shape index (κ2) is 26.6. The first-order valence-electron chi connectivity index (χ1n) is 11.9. The van der Waals surface area contributed by atoms with E-state index in [-0.39, 0.29) is 25.2 Å². The molecule has 2 aromatic carbocycles. The number of methoxy groups -OCH3 is 2. The highest BCUT2D eigenvalue weighted by Crippen LogP contribution is 2.07. The van der Waals surface area contributed by atoms with Crippen LogP contribution in [-0.2, 0) is 36.9 Å². The maximum Gasteiger partial charge on any atom is 0.762 e. The predicted octanol–water partition coefficient (Wildman–Crippen LogP) is 3.89. The third kappa shape index (κ3) is 25.1. The van der Waals surface area contributed by atoms with Crippen molar-refractivity contribution in [1.82, 2.24) is 0 Å². The molecule has 0 amide bonds. The normalized spacial score (nSPS) is 10.4. The van der Waals surface area contributed by atoms with Crippen molar-refractivity contribution < 1.29 is 56.4 Å². The lowest BCUT2D eigenvalue weighted by Gasteiger charge is -2.03. The topological polar surface area (TPSA) is 124 Å². The van der Waals surface area contributed by atoms with E-state index in [1.165, 1.54) is 14.2 Å². The summed E-state index contributed by atoms with van der Waals surface area (Å²) >= 11 is 0. The Hall–Kier alpha value is -2.97. The van der Waals surface area contributed by atoms with E-state index in [2.05, 4.69) is 14.2 Å². The second-order valence-corrected chi connectivity index (χ2v) is 6.95. The zero-order valence-electron chi connectivity index (χ0n) is 22.7. The van der Waals surface area contributed by atoms with Crippen LogP contribution in [0.1, 0.15) is 45.7 Å². The molecule has 0 aromatic heterocycles. The summed E-state index contributed by atoms with van der Waals surface area (Å²) in [6.45, 7) is 8.42. The minimum Gasteiger partial charge on any atom is -0.465 e. The van der Waals surface area contributed by atoms with Crippen molar-refractivity contribution in [3.05, 3.63) is 70.8 Å². The van der Waals surface area contributed by atoms with Gasteiger partial charge in [0.1, 0.15) is 0 Å². The molecule has 39 heavy (non-hydrogen) atoms. The highest BCUT2D eigenvalue weighted by atomic mass is 19.4. The first-order valence-corrected chi connectivity index (χ1v) is 11.9. The van der Waals surface area contributed by atoms with Crippen LogP contribution in [0.15, 0.2) is 48.5 Å². The van der Waals surface area contributed by atoms with E-state index < -0.39 is 7.54 Å². The first-order chi connectivity index (χ1) is 18.7. The van der Waals surface area contributed by atoms with Crippen LogP contribution in [-0.4, -0.2) is 83.6 Å². The van der Waals surface area contributed by atoms with Gasteiger partial charge >= 0.3 is 19.5 Å². The predicted molar refractivity (Wildman–Crippen MR) is 140 cm³/mol. The quantitative estimate of drug-likeness (QED) is 0.203. The lowest BCUT2D eigenvalue weighted by Crippen LogP contribution is -2.02. The summed E-state index contributed by atoms with van der Waals surface area (Å²) in [5, 5.41) is 17.2. The van der Waals surface area contributed by atoms with E-state index in [0.717, 1.165) is 37.6 Å². The van der Waals surface area contributed by atoms with Gasteiger partial charge in [0.2, 0.25) is 0 Å². The van der Waals surface area contributed by atoms with Crippen molar-refractivity contribution >= 4 is 19.5 Å². The molecule has 2 aromatic rings. The molecule has 1 saturated heterocycles. The fourth-order valence-electron chi connectivity index (χ4n) is 2.18. The number of esters is 2. The number of halogens is 3. The number of aliphatic hydroxyl groups is 2. The maximum absolute atomic E-state index is 11.1. The van der Waals surface area contributed by atoms with Gasteiger partial charge in [-0.15, -0.1) is 0 Å². The Bertz CT molecular complexity index is 845. The van der Waals surface area contributed by atoms with Gasteiger partial charge in [-0.1, -0.05) is 24.3 Å². The van der Waals surface area contributed by atoms with Crippen LogP contribution < -0.4 is 0 Å². The Kier molecular flexibility index (Phi) is 26.1. The fraction of sp³-hybridized carbons (Fsp3) is 0.462. The van der Waals surface area contributed by atoms with E-state index in [9.17, 15) is 22.5 Å². The number of ether oxygens (including phenoxy) is 5. The van der Waals surface area contributed by atoms with Gasteiger partial charge in [0.25, 0.3) is 0 Å². The van der Waals surface area contributed by atoms with Gasteiger partial charge in [0.05, 0.1) is 65.0 Å². The average molecular weight is 562 g/mol. The molecule has 0 spiro atoms. The summed E-state index contributed by atoms with van der Waals surface area (Å²) < 4.78 is 52.5. The van der Waals surface area contributed by atoms with Gasteiger partial charge in [-0.3, -0.25) is 12.9 Å². The molecule has 220 valence electrons. The van der Waals surface area contributed by atoms with Crippen LogP contribution in [0.4, 0.5) is 12.9 Å². The summed E-state index contributed by atoms with van der Waals surface area (Å²) in [5.41, 5.74) is 2.75. The number of carbonyl (C=O) groups excluding carboxylic acids is 2. The number of rotatable bonds is 9. The van der Waals surface area contributed by atoms with E-state index in [1.807, 2.05) is 13.8 Å². The molecule has 1 aliphatic rings. The van der Waals surface area contributed by atoms with Crippen LogP contribution in [0.25, 0.3) is 0 Å². The highest BCUT2D eigenvalue weighted by molar-refractivity contribution is 6.33. The third-order valence-electron chi connectivity index (χ3n) is 4.05. The first kappa shape index (κ1) is 38.2. The highest BCUT2D eigenvalue weighted by Gasteiger charge is 2.06. The molecule has 0 radical (unpaired) electrons. The Morgan fingerprint density at radius 2 is 1.18 bits per heavy atom. The lowest BCUT2D eigenvalue weighted by atomic mass is 10.1. The number of hydrogen-bond acceptors (Lipinski definition) is 9. The molecule has 13 heteroatoms. The maximum atomic E-state index is 11.1. The summed E-state index contributed by atoms with van der Waals surface area (Å²) in [5.74, 6) is -0.711. The zero-order chi connectivity index (χ0) is 29.9. The summed E-state index contributed by atoms with van der Waals surface area (Å²) in [6, 6.07) is 13.6. The minimum absolute atomic E-state index is 0.0124. The number of hydrogen-bond donors (Lipinski definition) is 2. The monoisotopic (exact) mass is 562 g/mol. The summed E-state index contributed by atoms with van der Waals surface area (Å²) in [7, 11) is -0.983. The van der Waals surface area contributed by atoms with Crippen molar-refractivity contribution in [3.8, 4) is 0 Å². The van der Waals surface area contributed by atoms with Crippen molar-refractivity contribution in [1.29, 1.82) is 0 Å². The van der Waals surface area contributed by atoms with Crippen molar-refractivity contribution in [2.75, 3.05) is 53.9 Å². The van der Waals surface area contributed by atoms with Crippen LogP contribution in [0.5, 0.6) is 0 Å². The zero-order valence-corrected chi connectivity index (χ0v) is 22.7. The van der Waals surface area contributed by atoms with Crippen LogP contribution in [0.2, 0.25) is 0 Å².